The summed E-state index contributed by atoms with van der Waals surface area (Å²) in [7, 11) is 1.39. The number of ether oxygens (including phenoxy) is 2. The number of nitrogens with two attached hydrogens (primary N) is 1. The Morgan fingerprint density at radius 1 is 1.73 bits per heavy atom. The van der Waals surface area contributed by atoms with E-state index in [2.05, 4.69) is 0 Å². The van der Waals surface area contributed by atoms with Crippen LogP contribution in [-0.4, -0.2) is 24.1 Å². The maximum atomic E-state index is 10.9. The van der Waals surface area contributed by atoms with Crippen molar-refractivity contribution in [3.8, 4) is 11.5 Å². The number of rotatable bonds is 2. The molecule has 0 atom stereocenters. The molecular weight excluding hydrogens is 218 g/mol. The van der Waals surface area contributed by atoms with Gasteiger partial charge in [-0.15, -0.1) is 0 Å². The van der Waals surface area contributed by atoms with Crippen molar-refractivity contribution in [1.29, 1.82) is 0 Å². The Morgan fingerprint density at radius 2 is 2.47 bits per heavy atom. The zero-order chi connectivity index (χ0) is 11.0. The molecule has 0 saturated carbocycles. The molecule has 1 aromatic carbocycles. The van der Waals surface area contributed by atoms with Gasteiger partial charge < -0.3 is 20.3 Å². The van der Waals surface area contributed by atoms with E-state index in [-0.39, 0.29) is 11.3 Å². The van der Waals surface area contributed by atoms with Crippen molar-refractivity contribution in [2.75, 3.05) is 18.8 Å². The van der Waals surface area contributed by atoms with Gasteiger partial charge in [-0.05, 0) is 6.07 Å². The van der Waals surface area contributed by atoms with Crippen molar-refractivity contribution < 1.29 is 19.4 Å². The number of thioether (sulfide) groups is 1. The van der Waals surface area contributed by atoms with Gasteiger partial charge in [-0.3, -0.25) is 0 Å². The number of hydrogen-bond donors (Lipinski definition) is 2. The first-order valence-corrected chi connectivity index (χ1v) is 5.13. The summed E-state index contributed by atoms with van der Waals surface area (Å²) >= 11 is 1.42. The molecule has 1 aliphatic heterocycles. The van der Waals surface area contributed by atoms with E-state index in [0.29, 0.717) is 17.4 Å². The number of carboxylic acids is 1. The lowest BCUT2D eigenvalue weighted by Crippen LogP contribution is -2.04. The number of carbonyl (C=O) groups is 1. The highest BCUT2D eigenvalue weighted by atomic mass is 32.2. The molecule has 6 heteroatoms. The average molecular weight is 227 g/mol. The summed E-state index contributed by atoms with van der Waals surface area (Å²) in [4.78, 5) is 11.7. The molecule has 0 saturated heterocycles. The third kappa shape index (κ3) is 1.46. The van der Waals surface area contributed by atoms with Crippen LogP contribution in [0.4, 0.5) is 5.69 Å². The van der Waals surface area contributed by atoms with Gasteiger partial charge in [0, 0.05) is 0 Å². The summed E-state index contributed by atoms with van der Waals surface area (Å²) in [5.41, 5.74) is 6.15. The van der Waals surface area contributed by atoms with Crippen molar-refractivity contribution in [2.24, 2.45) is 0 Å². The van der Waals surface area contributed by atoms with E-state index in [1.807, 2.05) is 0 Å². The second-order valence-electron chi connectivity index (χ2n) is 2.91. The second-order valence-corrected chi connectivity index (χ2v) is 3.84. The first-order valence-electron chi connectivity index (χ1n) is 4.14. The summed E-state index contributed by atoms with van der Waals surface area (Å²) in [5.74, 6) is 0.0722. The molecule has 15 heavy (non-hydrogen) atoms. The molecule has 0 spiro atoms. The number of methoxy groups -OCH3 is 1. The molecule has 5 nitrogen and oxygen atoms in total. The lowest BCUT2D eigenvalue weighted by atomic mass is 10.1. The third-order valence-corrected chi connectivity index (χ3v) is 3.03. The SMILES string of the molecule is COc1c(C(=O)O)cc2c(c1N)SCO2. The van der Waals surface area contributed by atoms with E-state index < -0.39 is 5.97 Å². The molecule has 0 amide bonds. The highest BCUT2D eigenvalue weighted by molar-refractivity contribution is 7.99. The quantitative estimate of drug-likeness (QED) is 0.743. The van der Waals surface area contributed by atoms with Crippen LogP contribution < -0.4 is 15.2 Å². The molecule has 1 heterocycles. The van der Waals surface area contributed by atoms with E-state index in [1.54, 1.807) is 0 Å². The maximum absolute atomic E-state index is 10.9. The Hall–Kier alpha value is -1.56. The zero-order valence-corrected chi connectivity index (χ0v) is 8.76. The Bertz CT molecular complexity index is 433. The van der Waals surface area contributed by atoms with Gasteiger partial charge in [0.2, 0.25) is 0 Å². The summed E-state index contributed by atoms with van der Waals surface area (Å²) in [6.07, 6.45) is 0. The van der Waals surface area contributed by atoms with E-state index in [1.165, 1.54) is 24.9 Å². The monoisotopic (exact) mass is 227 g/mol. The number of fused-ring (bicyclic) bond motifs is 1. The number of anilines is 1. The van der Waals surface area contributed by atoms with Crippen LogP contribution in [0.1, 0.15) is 10.4 Å². The van der Waals surface area contributed by atoms with Gasteiger partial charge in [-0.25, -0.2) is 4.79 Å². The molecular formula is C9H9NO4S. The fourth-order valence-electron chi connectivity index (χ4n) is 1.43. The molecule has 0 bridgehead atoms. The molecule has 0 aromatic heterocycles. The molecule has 1 aliphatic rings. The number of benzene rings is 1. The van der Waals surface area contributed by atoms with Crippen LogP contribution in [0.15, 0.2) is 11.0 Å². The minimum absolute atomic E-state index is 0.0243. The smallest absolute Gasteiger partial charge is 0.339 e. The Morgan fingerprint density at radius 3 is 3.07 bits per heavy atom. The van der Waals surface area contributed by atoms with Crippen LogP contribution in [-0.2, 0) is 0 Å². The minimum Gasteiger partial charge on any atom is -0.494 e. The average Bonchev–Trinajstić information content (AvgIpc) is 2.65. The number of aromatic carboxylic acids is 1. The van der Waals surface area contributed by atoms with Crippen LogP contribution in [0.25, 0.3) is 0 Å². The predicted octanol–water partition coefficient (Wildman–Crippen LogP) is 1.42. The van der Waals surface area contributed by atoms with Gasteiger partial charge in [0.15, 0.2) is 5.75 Å². The minimum atomic E-state index is -1.08. The second kappa shape index (κ2) is 3.54. The molecule has 80 valence electrons. The maximum Gasteiger partial charge on any atom is 0.339 e. The Kier molecular flexibility index (Phi) is 2.36. The highest BCUT2D eigenvalue weighted by Crippen LogP contribution is 2.46. The molecule has 0 unspecified atom stereocenters. The number of hydrogen-bond acceptors (Lipinski definition) is 5. The van der Waals surface area contributed by atoms with Crippen LogP contribution in [0.2, 0.25) is 0 Å². The number of nitrogen functional groups attached to an aromatic ring is 1. The Balaban J connectivity index is 2.66. The molecule has 2 rings (SSSR count). The third-order valence-electron chi connectivity index (χ3n) is 2.09. The van der Waals surface area contributed by atoms with Crippen molar-refractivity contribution in [3.63, 3.8) is 0 Å². The fraction of sp³-hybridized carbons (Fsp3) is 0.222. The van der Waals surface area contributed by atoms with Gasteiger partial charge in [0.1, 0.15) is 17.3 Å². The first-order chi connectivity index (χ1) is 7.15. The van der Waals surface area contributed by atoms with E-state index in [0.717, 1.165) is 4.90 Å². The van der Waals surface area contributed by atoms with Gasteiger partial charge in [0.25, 0.3) is 0 Å². The highest BCUT2D eigenvalue weighted by Gasteiger charge is 2.25. The largest absolute Gasteiger partial charge is 0.494 e. The fourth-order valence-corrected chi connectivity index (χ4v) is 2.24. The van der Waals surface area contributed by atoms with Gasteiger partial charge in [-0.2, -0.15) is 0 Å². The zero-order valence-electron chi connectivity index (χ0n) is 7.94. The Labute approximate surface area is 90.2 Å². The molecule has 1 aromatic rings. The van der Waals surface area contributed by atoms with Crippen LogP contribution >= 0.6 is 11.8 Å². The summed E-state index contributed by atoms with van der Waals surface area (Å²) in [6.45, 7) is 0. The normalized spacial score (nSPS) is 13.1. The van der Waals surface area contributed by atoms with Crippen molar-refractivity contribution in [2.45, 2.75) is 4.90 Å². The van der Waals surface area contributed by atoms with E-state index in [4.69, 9.17) is 20.3 Å². The molecule has 0 radical (unpaired) electrons. The van der Waals surface area contributed by atoms with Crippen molar-refractivity contribution >= 4 is 23.4 Å². The van der Waals surface area contributed by atoms with Crippen LogP contribution in [0.5, 0.6) is 11.5 Å². The molecule has 3 N–H and O–H groups in total. The predicted molar refractivity (Wildman–Crippen MR) is 55.7 cm³/mol. The summed E-state index contributed by atoms with van der Waals surface area (Å²) in [6, 6.07) is 1.44. The molecule has 0 fully saturated rings. The topological polar surface area (TPSA) is 81.8 Å². The van der Waals surface area contributed by atoms with Crippen LogP contribution in [0.3, 0.4) is 0 Å². The summed E-state index contributed by atoms with van der Waals surface area (Å²) < 4.78 is 10.2. The van der Waals surface area contributed by atoms with Gasteiger partial charge >= 0.3 is 5.97 Å². The molecule has 0 aliphatic carbocycles. The van der Waals surface area contributed by atoms with E-state index in [9.17, 15) is 4.79 Å². The first kappa shape index (κ1) is 9.97. The summed E-state index contributed by atoms with van der Waals surface area (Å²) in [5, 5.41) is 8.95. The van der Waals surface area contributed by atoms with Crippen LogP contribution in [0, 0.1) is 0 Å². The lowest BCUT2D eigenvalue weighted by molar-refractivity contribution is 0.0693. The number of carboxylic acid groups (broad SMARTS) is 1. The van der Waals surface area contributed by atoms with Gasteiger partial charge in [-0.1, -0.05) is 11.8 Å². The lowest BCUT2D eigenvalue weighted by Gasteiger charge is -2.10. The standard InChI is InChI=1S/C9H9NO4S/c1-13-7-4(9(11)12)2-5-8(6(7)10)15-3-14-5/h2H,3,10H2,1H3,(H,11,12). The van der Waals surface area contributed by atoms with Crippen molar-refractivity contribution in [1.82, 2.24) is 0 Å². The van der Waals surface area contributed by atoms with Gasteiger partial charge in [0.05, 0.1) is 17.7 Å². The van der Waals surface area contributed by atoms with E-state index >= 15 is 0 Å². The van der Waals surface area contributed by atoms with Crippen molar-refractivity contribution in [3.05, 3.63) is 11.6 Å².